The van der Waals surface area contributed by atoms with E-state index in [2.05, 4.69) is 26.4 Å². The van der Waals surface area contributed by atoms with Crippen molar-refractivity contribution >= 4 is 23.4 Å². The van der Waals surface area contributed by atoms with Gasteiger partial charge >= 0.3 is 135 Å². The van der Waals surface area contributed by atoms with E-state index in [4.69, 9.17) is 23.4 Å². The fraction of sp³-hybridized carbons (Fsp3) is 1.00. The number of halogens is 2. The second kappa shape index (κ2) is 7.81. The Morgan fingerprint density at radius 2 is 1.84 bits per heavy atom. The number of alkyl halides is 1. The van der Waals surface area contributed by atoms with Crippen LogP contribution in [-0.2, 0) is 16.2 Å². The van der Waals surface area contributed by atoms with Crippen molar-refractivity contribution in [3.05, 3.63) is 0 Å². The van der Waals surface area contributed by atoms with Crippen LogP contribution < -0.4 is 5.32 Å². The number of hydrogen-bond donors (Lipinski definition) is 1. The van der Waals surface area contributed by atoms with Crippen molar-refractivity contribution in [1.82, 2.24) is 14.7 Å². The molecule has 2 saturated heterocycles. The molecule has 1 N–H and O–H groups in total. The summed E-state index contributed by atoms with van der Waals surface area (Å²) in [7, 11) is 0. The molecule has 2 rings (SSSR count). The van der Waals surface area contributed by atoms with Crippen LogP contribution in [0.5, 0.6) is 0 Å². The molecular formula is C12H24Cl2FeN4+3. The second-order valence-electron chi connectivity index (χ2n) is 5.43. The molecule has 0 radical (unpaired) electrons. The average molecular weight is 351 g/mol. The second-order valence-corrected chi connectivity index (χ2v) is 7.20. The van der Waals surface area contributed by atoms with Crippen molar-refractivity contribution in [3.63, 3.8) is 0 Å². The van der Waals surface area contributed by atoms with Gasteiger partial charge in [-0.15, -0.1) is 0 Å². The van der Waals surface area contributed by atoms with Crippen molar-refractivity contribution in [2.24, 2.45) is 0 Å². The first-order valence-electron chi connectivity index (χ1n) is 7.20. The number of quaternary nitrogens is 1. The third kappa shape index (κ3) is 4.72. The van der Waals surface area contributed by atoms with Gasteiger partial charge in [-0.1, -0.05) is 0 Å². The molecule has 2 bridgehead atoms. The molecule has 0 saturated carbocycles. The van der Waals surface area contributed by atoms with Gasteiger partial charge in [0.05, 0.1) is 0 Å². The summed E-state index contributed by atoms with van der Waals surface area (Å²) in [6.07, 6.45) is 5.04. The summed E-state index contributed by atoms with van der Waals surface area (Å²) >= 11 is 17.2. The van der Waals surface area contributed by atoms with Crippen LogP contribution in [0.1, 0.15) is 25.7 Å². The molecule has 0 amide bonds. The zero-order valence-electron chi connectivity index (χ0n) is 11.3. The Morgan fingerprint density at radius 1 is 1.05 bits per heavy atom. The number of nitrogens with one attached hydrogen (secondary N) is 1. The summed E-state index contributed by atoms with van der Waals surface area (Å²) in [6, 6.07) is 0. The molecule has 2 aliphatic heterocycles. The molecule has 0 aromatic heterocycles. The summed E-state index contributed by atoms with van der Waals surface area (Å²) in [5, 5.41) is 3.38. The summed E-state index contributed by atoms with van der Waals surface area (Å²) in [4.78, 5) is 2.52. The quantitative estimate of drug-likeness (QED) is 0.310. The van der Waals surface area contributed by atoms with Gasteiger partial charge in [0, 0.05) is 0 Å². The van der Waals surface area contributed by atoms with E-state index in [0.717, 1.165) is 32.7 Å². The van der Waals surface area contributed by atoms with E-state index in [9.17, 15) is 0 Å². The third-order valence-corrected chi connectivity index (χ3v) is 5.77. The van der Waals surface area contributed by atoms with Crippen molar-refractivity contribution in [2.45, 2.75) is 31.2 Å². The van der Waals surface area contributed by atoms with E-state index in [-0.39, 0.29) is 5.50 Å². The Hall–Kier alpha value is 0.939. The molecule has 0 aromatic rings. The standard InChI is InChI=1S/C12H24Cl2N4.Fe/c13-12-11-15-5-8-16-6-3-1-2-4-7-17(10-9-16)18(12)14;/h12,15H,1-11H2;/q;+3. The van der Waals surface area contributed by atoms with Gasteiger partial charge in [0.2, 0.25) is 0 Å². The SMILES string of the molecule is ClC1CNCCN2CCCCCC[N+]([Fe+2])(CC2)N1Cl. The van der Waals surface area contributed by atoms with Crippen LogP contribution in [0.2, 0.25) is 0 Å². The summed E-state index contributed by atoms with van der Waals surface area (Å²) < 4.78 is 2.20. The van der Waals surface area contributed by atoms with Gasteiger partial charge in [-0.25, -0.2) is 0 Å². The normalized spacial score (nSPS) is 39.9. The van der Waals surface area contributed by atoms with E-state index in [1.54, 1.807) is 4.53 Å². The van der Waals surface area contributed by atoms with Gasteiger partial charge in [0.15, 0.2) is 0 Å². The molecule has 0 aromatic carbocycles. The Kier molecular flexibility index (Phi) is 6.70. The zero-order chi connectivity index (χ0) is 13.7. The molecule has 0 aliphatic carbocycles. The van der Waals surface area contributed by atoms with Crippen molar-refractivity contribution in [2.75, 3.05) is 45.8 Å². The molecule has 2 fully saturated rings. The van der Waals surface area contributed by atoms with Crippen molar-refractivity contribution in [1.29, 1.82) is 0 Å². The van der Waals surface area contributed by atoms with Crippen LogP contribution >= 0.6 is 23.4 Å². The van der Waals surface area contributed by atoms with Gasteiger partial charge < -0.3 is 0 Å². The summed E-state index contributed by atoms with van der Waals surface area (Å²) in [5.41, 5.74) is -0.214. The van der Waals surface area contributed by atoms with Crippen LogP contribution in [0.25, 0.3) is 0 Å². The van der Waals surface area contributed by atoms with E-state index in [0.29, 0.717) is 10.2 Å². The molecule has 2 aliphatic rings. The molecule has 3 atom stereocenters. The Labute approximate surface area is 135 Å². The summed E-state index contributed by atoms with van der Waals surface area (Å²) in [5.74, 6) is 0. The van der Waals surface area contributed by atoms with Crippen LogP contribution in [0.4, 0.5) is 0 Å². The van der Waals surface area contributed by atoms with Crippen LogP contribution in [0.15, 0.2) is 0 Å². The Morgan fingerprint density at radius 3 is 2.68 bits per heavy atom. The first-order chi connectivity index (χ1) is 9.12. The molecule has 7 heteroatoms. The topological polar surface area (TPSA) is 18.5 Å². The first kappa shape index (κ1) is 16.3. The fourth-order valence-corrected chi connectivity index (χ4v) is 3.73. The van der Waals surface area contributed by atoms with E-state index >= 15 is 0 Å². The predicted octanol–water partition coefficient (Wildman–Crippen LogP) is 1.68. The van der Waals surface area contributed by atoms with Gasteiger partial charge in [-0.05, 0) is 0 Å². The molecule has 19 heavy (non-hydrogen) atoms. The van der Waals surface area contributed by atoms with Crippen LogP contribution in [0, 0.1) is 0 Å². The van der Waals surface area contributed by atoms with Gasteiger partial charge in [0.25, 0.3) is 0 Å². The third-order valence-electron chi connectivity index (χ3n) is 3.96. The van der Waals surface area contributed by atoms with Crippen molar-refractivity contribution in [3.8, 4) is 0 Å². The molecule has 111 valence electrons. The molecule has 0 spiro atoms. The Balaban J connectivity index is 2.11. The maximum absolute atomic E-state index is 6.47. The number of hydrogen-bond acceptors (Lipinski definition) is 3. The molecule has 3 unspecified atom stereocenters. The summed E-state index contributed by atoms with van der Waals surface area (Å²) in [6.45, 7) is 6.91. The number of nitrogens with zero attached hydrogens (tertiary/aromatic N) is 3. The molecule has 4 nitrogen and oxygen atoms in total. The number of fused-ring (bicyclic) bond motifs is 3. The zero-order valence-corrected chi connectivity index (χ0v) is 13.9. The fourth-order valence-electron chi connectivity index (χ4n) is 2.72. The van der Waals surface area contributed by atoms with Gasteiger partial charge in [0.1, 0.15) is 0 Å². The molecular weight excluding hydrogens is 327 g/mol. The Bertz CT molecular complexity index is 284. The first-order valence-corrected chi connectivity index (χ1v) is 8.47. The van der Waals surface area contributed by atoms with Crippen LogP contribution in [0.3, 0.4) is 0 Å². The molecule has 2 heterocycles. The van der Waals surface area contributed by atoms with E-state index in [1.165, 1.54) is 32.2 Å². The van der Waals surface area contributed by atoms with Crippen molar-refractivity contribution < 1.29 is 19.8 Å². The maximum atomic E-state index is 6.47. The van der Waals surface area contributed by atoms with E-state index < -0.39 is 0 Å². The van der Waals surface area contributed by atoms with Gasteiger partial charge in [-0.3, -0.25) is 0 Å². The van der Waals surface area contributed by atoms with Crippen LogP contribution in [-0.4, -0.2) is 64.4 Å². The number of rotatable bonds is 0. The minimum absolute atomic E-state index is 0.214. The predicted molar refractivity (Wildman–Crippen MR) is 75.1 cm³/mol. The average Bonchev–Trinajstić information content (AvgIpc) is 2.41. The monoisotopic (exact) mass is 350 g/mol. The van der Waals surface area contributed by atoms with Gasteiger partial charge in [-0.2, -0.15) is 0 Å². The van der Waals surface area contributed by atoms with E-state index in [1.807, 2.05) is 0 Å². The minimum atomic E-state index is -0.214.